The van der Waals surface area contributed by atoms with Gasteiger partial charge >= 0.3 is 5.69 Å². The molecule has 1 fully saturated rings. The number of rotatable bonds is 2. The van der Waals surface area contributed by atoms with Crippen LogP contribution in [0.15, 0.2) is 15.8 Å². The maximum absolute atomic E-state index is 11.8. The van der Waals surface area contributed by atoms with E-state index < -0.39 is 35.8 Å². The minimum absolute atomic E-state index is 0.167. The summed E-state index contributed by atoms with van der Waals surface area (Å²) >= 11 is 0. The summed E-state index contributed by atoms with van der Waals surface area (Å²) in [5.41, 5.74) is -2.84. The number of hydrogen-bond acceptors (Lipinski definition) is 6. The first-order valence-electron chi connectivity index (χ1n) is 5.64. The molecule has 3 N–H and O–H groups in total. The number of aryl methyl sites for hydroxylation is 1. The van der Waals surface area contributed by atoms with Crippen molar-refractivity contribution in [3.8, 4) is 6.07 Å². The zero-order valence-electron chi connectivity index (χ0n) is 10.2. The molecular formula is C11H13N3O5. The molecule has 2 rings (SSSR count). The molecule has 0 saturated carbocycles. The largest absolute Gasteiger partial charge is 0.394 e. The lowest BCUT2D eigenvalue weighted by Crippen LogP contribution is -2.44. The number of nitrogens with one attached hydrogen (secondary N) is 1. The van der Waals surface area contributed by atoms with E-state index in [1.54, 1.807) is 0 Å². The van der Waals surface area contributed by atoms with E-state index in [0.29, 0.717) is 0 Å². The van der Waals surface area contributed by atoms with Crippen molar-refractivity contribution in [2.75, 3.05) is 6.61 Å². The second-order valence-corrected chi connectivity index (χ2v) is 4.45. The van der Waals surface area contributed by atoms with Crippen molar-refractivity contribution in [1.29, 1.82) is 5.26 Å². The van der Waals surface area contributed by atoms with Crippen LogP contribution >= 0.6 is 0 Å². The van der Waals surface area contributed by atoms with Gasteiger partial charge in [0.25, 0.3) is 5.56 Å². The lowest BCUT2D eigenvalue weighted by atomic mass is 10.1. The molecule has 0 spiro atoms. The van der Waals surface area contributed by atoms with Gasteiger partial charge in [-0.25, -0.2) is 4.79 Å². The number of H-pyrrole nitrogens is 1. The molecule has 3 atom stereocenters. The van der Waals surface area contributed by atoms with E-state index >= 15 is 0 Å². The van der Waals surface area contributed by atoms with Gasteiger partial charge in [-0.3, -0.25) is 14.3 Å². The van der Waals surface area contributed by atoms with Gasteiger partial charge in [0, 0.05) is 18.2 Å². The standard InChI is InChI=1S/C11H13N3O5/c1-6-3-14(10(18)13-9(6)17)11(5-12)2-7(16)8(4-15)19-11/h3,7-8,15-16H,2,4H2,1H3,(H,13,17,18)/t7-,8+,11-/m0/s1. The SMILES string of the molecule is Cc1cn([C@@]2(C#N)C[C@H](O)[C@@H](CO)O2)c(=O)[nH]c1=O. The second-order valence-electron chi connectivity index (χ2n) is 4.45. The molecule has 0 amide bonds. The molecule has 102 valence electrons. The highest BCUT2D eigenvalue weighted by Gasteiger charge is 2.48. The summed E-state index contributed by atoms with van der Waals surface area (Å²) in [6.45, 7) is 1.01. The van der Waals surface area contributed by atoms with Crippen LogP contribution in [0.25, 0.3) is 0 Å². The topological polar surface area (TPSA) is 128 Å². The van der Waals surface area contributed by atoms with E-state index in [1.807, 2.05) is 6.07 Å². The van der Waals surface area contributed by atoms with Gasteiger partial charge < -0.3 is 14.9 Å². The first-order chi connectivity index (χ1) is 8.93. The lowest BCUT2D eigenvalue weighted by molar-refractivity contribution is -0.0848. The van der Waals surface area contributed by atoms with E-state index in [9.17, 15) is 20.0 Å². The Balaban J connectivity index is 2.56. The van der Waals surface area contributed by atoms with Crippen molar-refractivity contribution < 1.29 is 14.9 Å². The van der Waals surface area contributed by atoms with Gasteiger partial charge in [0.2, 0.25) is 5.72 Å². The Labute approximate surface area is 107 Å². The maximum atomic E-state index is 11.8. The number of aromatic amines is 1. The molecule has 1 aromatic heterocycles. The number of nitrogens with zero attached hydrogens (tertiary/aromatic N) is 2. The lowest BCUT2D eigenvalue weighted by Gasteiger charge is -2.23. The zero-order chi connectivity index (χ0) is 14.2. The summed E-state index contributed by atoms with van der Waals surface area (Å²) < 4.78 is 6.23. The Morgan fingerprint density at radius 3 is 2.89 bits per heavy atom. The fourth-order valence-corrected chi connectivity index (χ4v) is 2.07. The second kappa shape index (κ2) is 4.62. The van der Waals surface area contributed by atoms with E-state index in [4.69, 9.17) is 9.84 Å². The fraction of sp³-hybridized carbons (Fsp3) is 0.545. The highest BCUT2D eigenvalue weighted by Crippen LogP contribution is 2.33. The fourth-order valence-electron chi connectivity index (χ4n) is 2.07. The molecule has 0 aliphatic carbocycles. The number of aliphatic hydroxyl groups excluding tert-OH is 2. The molecule has 0 aromatic carbocycles. The smallest absolute Gasteiger partial charge is 0.331 e. The first kappa shape index (κ1) is 13.5. The Morgan fingerprint density at radius 2 is 2.37 bits per heavy atom. The van der Waals surface area contributed by atoms with E-state index in [-0.39, 0.29) is 12.0 Å². The number of aromatic nitrogens is 2. The molecule has 1 aromatic rings. The van der Waals surface area contributed by atoms with Crippen LogP contribution in [-0.2, 0) is 10.5 Å². The predicted molar refractivity (Wildman–Crippen MR) is 62.2 cm³/mol. The monoisotopic (exact) mass is 267 g/mol. The molecule has 1 aliphatic heterocycles. The van der Waals surface area contributed by atoms with Crippen molar-refractivity contribution in [2.45, 2.75) is 31.3 Å². The van der Waals surface area contributed by atoms with Gasteiger partial charge in [-0.15, -0.1) is 0 Å². The van der Waals surface area contributed by atoms with Crippen LogP contribution in [0.3, 0.4) is 0 Å². The summed E-state index contributed by atoms with van der Waals surface area (Å²) in [6.07, 6.45) is -0.973. The molecular weight excluding hydrogens is 254 g/mol. The van der Waals surface area contributed by atoms with Crippen molar-refractivity contribution in [3.05, 3.63) is 32.6 Å². The summed E-state index contributed by atoms with van der Waals surface area (Å²) in [7, 11) is 0. The van der Waals surface area contributed by atoms with Crippen LogP contribution in [-0.4, -0.2) is 38.6 Å². The molecule has 19 heavy (non-hydrogen) atoms. The summed E-state index contributed by atoms with van der Waals surface area (Å²) in [5, 5.41) is 28.0. The average Bonchev–Trinajstić information content (AvgIpc) is 2.71. The average molecular weight is 267 g/mol. The molecule has 8 heteroatoms. The maximum Gasteiger partial charge on any atom is 0.331 e. The predicted octanol–water partition coefficient (Wildman–Crippen LogP) is -1.84. The number of hydrogen-bond donors (Lipinski definition) is 3. The minimum atomic E-state index is -1.72. The molecule has 0 radical (unpaired) electrons. The van der Waals surface area contributed by atoms with Crippen LogP contribution in [0.1, 0.15) is 12.0 Å². The van der Waals surface area contributed by atoms with Crippen molar-refractivity contribution >= 4 is 0 Å². The Bertz CT molecular complexity index is 643. The van der Waals surface area contributed by atoms with Gasteiger partial charge in [-0.2, -0.15) is 5.26 Å². The van der Waals surface area contributed by atoms with Gasteiger partial charge in [0.1, 0.15) is 12.2 Å². The van der Waals surface area contributed by atoms with E-state index in [2.05, 4.69) is 4.98 Å². The molecule has 0 unspecified atom stereocenters. The Hall–Kier alpha value is -1.95. The normalized spacial score (nSPS) is 30.2. The Morgan fingerprint density at radius 1 is 1.68 bits per heavy atom. The van der Waals surface area contributed by atoms with E-state index in [1.165, 1.54) is 13.1 Å². The van der Waals surface area contributed by atoms with Crippen LogP contribution in [0.5, 0.6) is 0 Å². The third-order valence-electron chi connectivity index (χ3n) is 3.13. The van der Waals surface area contributed by atoms with Crippen LogP contribution in [0, 0.1) is 18.3 Å². The van der Waals surface area contributed by atoms with Crippen LogP contribution < -0.4 is 11.2 Å². The van der Waals surface area contributed by atoms with Gasteiger partial charge in [0.05, 0.1) is 12.7 Å². The third-order valence-corrected chi connectivity index (χ3v) is 3.13. The van der Waals surface area contributed by atoms with Crippen molar-refractivity contribution in [2.24, 2.45) is 0 Å². The van der Waals surface area contributed by atoms with Gasteiger partial charge in [-0.1, -0.05) is 0 Å². The molecule has 2 heterocycles. The first-order valence-corrected chi connectivity index (χ1v) is 5.64. The Kier molecular flexibility index (Phi) is 3.28. The quantitative estimate of drug-likeness (QED) is 0.577. The number of nitriles is 1. The minimum Gasteiger partial charge on any atom is -0.394 e. The summed E-state index contributed by atoms with van der Waals surface area (Å²) in [4.78, 5) is 25.1. The van der Waals surface area contributed by atoms with Crippen LogP contribution in [0.2, 0.25) is 0 Å². The molecule has 8 nitrogen and oxygen atoms in total. The summed E-state index contributed by atoms with van der Waals surface area (Å²) in [6, 6.07) is 1.82. The highest BCUT2D eigenvalue weighted by atomic mass is 16.6. The third kappa shape index (κ3) is 2.08. The number of aliphatic hydroxyl groups is 2. The summed E-state index contributed by atoms with van der Waals surface area (Å²) in [5.74, 6) is 0. The highest BCUT2D eigenvalue weighted by molar-refractivity contribution is 5.10. The van der Waals surface area contributed by atoms with Crippen molar-refractivity contribution in [3.63, 3.8) is 0 Å². The van der Waals surface area contributed by atoms with Gasteiger partial charge in [0.15, 0.2) is 0 Å². The zero-order valence-corrected chi connectivity index (χ0v) is 10.2. The van der Waals surface area contributed by atoms with Crippen LogP contribution in [0.4, 0.5) is 0 Å². The molecule has 0 bridgehead atoms. The molecule has 1 aliphatic rings. The molecule has 1 saturated heterocycles. The van der Waals surface area contributed by atoms with Gasteiger partial charge in [-0.05, 0) is 6.92 Å². The number of ether oxygens (including phenoxy) is 1. The van der Waals surface area contributed by atoms with E-state index in [0.717, 1.165) is 4.57 Å². The van der Waals surface area contributed by atoms with Crippen molar-refractivity contribution in [1.82, 2.24) is 9.55 Å².